The maximum Gasteiger partial charge on any atom is 0.192 e. The van der Waals surface area contributed by atoms with E-state index in [1.54, 1.807) is 0 Å². The van der Waals surface area contributed by atoms with Crippen molar-refractivity contribution >= 4 is 24.2 Å². The first-order chi connectivity index (χ1) is 16.8. The van der Waals surface area contributed by atoms with Gasteiger partial charge in [0.1, 0.15) is 0 Å². The molecule has 0 rings (SSSR count). The van der Waals surface area contributed by atoms with Crippen molar-refractivity contribution in [3.05, 3.63) is 0 Å². The van der Waals surface area contributed by atoms with Crippen LogP contribution < -0.4 is 0 Å². The molecule has 0 saturated carbocycles. The summed E-state index contributed by atoms with van der Waals surface area (Å²) in [6.07, 6.45) is 0. The average molecular weight is 592 g/mol. The maximum atomic E-state index is 6.07. The Kier molecular flexibility index (Phi) is 24.9. The molecule has 0 aromatic rings. The van der Waals surface area contributed by atoms with Gasteiger partial charge in [0.05, 0.1) is 112 Å². The van der Waals surface area contributed by atoms with E-state index in [2.05, 4.69) is 49.8 Å². The minimum atomic E-state index is -1.68. The van der Waals surface area contributed by atoms with Crippen LogP contribution in [0.2, 0.25) is 18.1 Å². The topological polar surface area (TPSA) is 83.1 Å². The Morgan fingerprint density at radius 3 is 0.886 bits per heavy atom. The minimum Gasteiger partial charge on any atom is -0.414 e. The highest BCUT2D eigenvalue weighted by molar-refractivity contribution is 9.09. The van der Waals surface area contributed by atoms with Crippen LogP contribution in [0, 0.1) is 0 Å². The maximum absolute atomic E-state index is 6.07. The van der Waals surface area contributed by atoms with Gasteiger partial charge in [0.15, 0.2) is 8.32 Å². The molecule has 0 fully saturated rings. The summed E-state index contributed by atoms with van der Waals surface area (Å²) in [7, 11) is -1.68. The van der Waals surface area contributed by atoms with Gasteiger partial charge in [-0.05, 0) is 18.1 Å². The SMILES string of the molecule is CC(C)(C)[Si](C)(C)OCCOCCOCCOCCOCCOCCOCCOCCOCCBr. The van der Waals surface area contributed by atoms with Gasteiger partial charge in [0.2, 0.25) is 0 Å². The van der Waals surface area contributed by atoms with Gasteiger partial charge in [-0.2, -0.15) is 0 Å². The van der Waals surface area contributed by atoms with Crippen molar-refractivity contribution in [2.24, 2.45) is 0 Å². The van der Waals surface area contributed by atoms with E-state index in [-0.39, 0.29) is 5.04 Å². The number of ether oxygens (including phenoxy) is 8. The quantitative estimate of drug-likeness (QED) is 0.0810. The third-order valence-electron chi connectivity index (χ3n) is 5.32. The Labute approximate surface area is 223 Å². The Bertz CT molecular complexity index is 440. The second kappa shape index (κ2) is 24.7. The molecule has 0 aromatic carbocycles. The zero-order valence-corrected chi connectivity index (χ0v) is 25.4. The van der Waals surface area contributed by atoms with Crippen molar-refractivity contribution in [3.8, 4) is 0 Å². The Morgan fingerprint density at radius 2 is 0.657 bits per heavy atom. The van der Waals surface area contributed by atoms with Crippen molar-refractivity contribution in [3.63, 3.8) is 0 Å². The lowest BCUT2D eigenvalue weighted by Crippen LogP contribution is -2.41. The Morgan fingerprint density at radius 1 is 0.429 bits per heavy atom. The van der Waals surface area contributed by atoms with Gasteiger partial charge in [-0.15, -0.1) is 0 Å². The molecule has 35 heavy (non-hydrogen) atoms. The molecule has 11 heteroatoms. The van der Waals surface area contributed by atoms with Crippen LogP contribution in [-0.2, 0) is 42.3 Å². The molecular formula is C24H51BrO9Si. The third kappa shape index (κ3) is 24.4. The van der Waals surface area contributed by atoms with Crippen LogP contribution in [0.5, 0.6) is 0 Å². The van der Waals surface area contributed by atoms with Crippen molar-refractivity contribution in [2.75, 3.05) is 118 Å². The van der Waals surface area contributed by atoms with Crippen molar-refractivity contribution in [1.82, 2.24) is 0 Å². The highest BCUT2D eigenvalue weighted by Gasteiger charge is 2.36. The van der Waals surface area contributed by atoms with E-state index in [1.165, 1.54) is 0 Å². The van der Waals surface area contributed by atoms with E-state index in [4.69, 9.17) is 42.3 Å². The van der Waals surface area contributed by atoms with E-state index < -0.39 is 8.32 Å². The smallest absolute Gasteiger partial charge is 0.192 e. The van der Waals surface area contributed by atoms with Gasteiger partial charge in [-0.1, -0.05) is 36.7 Å². The lowest BCUT2D eigenvalue weighted by molar-refractivity contribution is -0.0234. The normalized spacial score (nSPS) is 12.5. The third-order valence-corrected chi connectivity index (χ3v) is 10.2. The predicted molar refractivity (Wildman–Crippen MR) is 143 cm³/mol. The first-order valence-corrected chi connectivity index (χ1v) is 16.7. The number of hydrogen-bond acceptors (Lipinski definition) is 9. The summed E-state index contributed by atoms with van der Waals surface area (Å²) in [4.78, 5) is 0. The average Bonchev–Trinajstić information content (AvgIpc) is 2.80. The van der Waals surface area contributed by atoms with Crippen LogP contribution in [0.25, 0.3) is 0 Å². The Balaban J connectivity index is 3.14. The Hall–Kier alpha value is 0.337. The second-order valence-corrected chi connectivity index (χ2v) is 14.8. The van der Waals surface area contributed by atoms with E-state index in [0.717, 1.165) is 5.33 Å². The molecule has 0 saturated heterocycles. The lowest BCUT2D eigenvalue weighted by Gasteiger charge is -2.36. The van der Waals surface area contributed by atoms with Crippen LogP contribution in [0.15, 0.2) is 0 Å². The summed E-state index contributed by atoms with van der Waals surface area (Å²) in [6, 6.07) is 0. The summed E-state index contributed by atoms with van der Waals surface area (Å²) in [5.41, 5.74) is 0. The summed E-state index contributed by atoms with van der Waals surface area (Å²) in [6.45, 7) is 20.9. The molecule has 0 aliphatic heterocycles. The van der Waals surface area contributed by atoms with E-state index in [0.29, 0.717) is 112 Å². The largest absolute Gasteiger partial charge is 0.414 e. The molecule has 0 spiro atoms. The lowest BCUT2D eigenvalue weighted by atomic mass is 10.2. The van der Waals surface area contributed by atoms with Crippen LogP contribution >= 0.6 is 15.9 Å². The number of rotatable bonds is 27. The number of hydrogen-bond donors (Lipinski definition) is 0. The highest BCUT2D eigenvalue weighted by atomic mass is 79.9. The van der Waals surface area contributed by atoms with Crippen molar-refractivity contribution in [1.29, 1.82) is 0 Å². The fourth-order valence-corrected chi connectivity index (χ4v) is 3.52. The standard InChI is InChI=1S/C24H51BrO9Si/c1-24(2,3)35(4,5)34-23-22-33-21-20-32-19-18-31-17-16-30-15-14-29-13-12-28-11-10-27-9-8-26-7-6-25/h6-23H2,1-5H3. The van der Waals surface area contributed by atoms with Gasteiger partial charge >= 0.3 is 0 Å². The molecular weight excluding hydrogens is 540 g/mol. The minimum absolute atomic E-state index is 0.226. The summed E-state index contributed by atoms with van der Waals surface area (Å²) in [5, 5.41) is 1.07. The van der Waals surface area contributed by atoms with Crippen LogP contribution in [-0.4, -0.2) is 126 Å². The summed E-state index contributed by atoms with van der Waals surface area (Å²) >= 11 is 3.30. The molecule has 0 N–H and O–H groups in total. The molecule has 0 bridgehead atoms. The fourth-order valence-electron chi connectivity index (χ4n) is 2.27. The molecule has 0 radical (unpaired) electrons. The van der Waals surface area contributed by atoms with Crippen LogP contribution in [0.4, 0.5) is 0 Å². The summed E-state index contributed by atoms with van der Waals surface area (Å²) < 4.78 is 49.6. The number of alkyl halides is 1. The van der Waals surface area contributed by atoms with Gasteiger partial charge < -0.3 is 42.3 Å². The predicted octanol–water partition coefficient (Wildman–Crippen LogP) is 3.54. The van der Waals surface area contributed by atoms with Gasteiger partial charge in [0, 0.05) is 5.33 Å². The number of halogens is 1. The van der Waals surface area contributed by atoms with E-state index >= 15 is 0 Å². The van der Waals surface area contributed by atoms with Crippen molar-refractivity contribution < 1.29 is 42.3 Å². The van der Waals surface area contributed by atoms with Crippen LogP contribution in [0.3, 0.4) is 0 Å². The molecule has 0 unspecified atom stereocenters. The molecule has 0 aromatic heterocycles. The highest BCUT2D eigenvalue weighted by Crippen LogP contribution is 2.36. The first-order valence-electron chi connectivity index (χ1n) is 12.6. The molecule has 212 valence electrons. The zero-order valence-electron chi connectivity index (χ0n) is 22.8. The van der Waals surface area contributed by atoms with Crippen LogP contribution in [0.1, 0.15) is 20.8 Å². The van der Waals surface area contributed by atoms with E-state index in [9.17, 15) is 0 Å². The second-order valence-electron chi connectivity index (χ2n) is 9.20. The van der Waals surface area contributed by atoms with Gasteiger partial charge in [-0.25, -0.2) is 0 Å². The fraction of sp³-hybridized carbons (Fsp3) is 1.00. The van der Waals surface area contributed by atoms with E-state index in [1.807, 2.05) is 0 Å². The molecule has 0 aliphatic rings. The van der Waals surface area contributed by atoms with Gasteiger partial charge in [-0.3, -0.25) is 0 Å². The van der Waals surface area contributed by atoms with Crippen molar-refractivity contribution in [2.45, 2.75) is 38.9 Å². The summed E-state index contributed by atoms with van der Waals surface area (Å²) in [5.74, 6) is 0. The first kappa shape index (κ1) is 35.3. The molecule has 9 nitrogen and oxygen atoms in total. The van der Waals surface area contributed by atoms with Gasteiger partial charge in [0.25, 0.3) is 0 Å². The molecule has 0 heterocycles. The zero-order chi connectivity index (χ0) is 26.1. The molecule has 0 aliphatic carbocycles. The monoisotopic (exact) mass is 590 g/mol. The molecule has 0 atom stereocenters. The molecule has 0 amide bonds.